The van der Waals surface area contributed by atoms with Gasteiger partial charge in [0.05, 0.1) is 42.5 Å². The Balaban J connectivity index is 1.53. The van der Waals surface area contributed by atoms with Gasteiger partial charge in [0.2, 0.25) is 0 Å². The molecule has 0 saturated heterocycles. The fourth-order valence-electron chi connectivity index (χ4n) is 4.54. The van der Waals surface area contributed by atoms with E-state index in [1.165, 1.54) is 5.19 Å². The highest BCUT2D eigenvalue weighted by atomic mass is 35.5. The molecule has 0 spiro atoms. The zero-order valence-electron chi connectivity index (χ0n) is 21.9. The molecule has 1 aromatic heterocycles. The molecular weight excluding hydrogens is 543 g/mol. The minimum atomic E-state index is -1.01. The molecular formula is C27H31Cl2N4O4Si. The molecule has 0 bridgehead atoms. The lowest BCUT2D eigenvalue weighted by atomic mass is 9.98. The fraction of sp³-hybridized carbons (Fsp3) is 0.370. The molecule has 0 unspecified atom stereocenters. The Hall–Kier alpha value is -2.85. The van der Waals surface area contributed by atoms with Crippen LogP contribution in [0.15, 0.2) is 42.5 Å². The molecule has 1 radical (unpaired) electrons. The fourth-order valence-corrected chi connectivity index (χ4v) is 6.20. The van der Waals surface area contributed by atoms with Gasteiger partial charge in [-0.2, -0.15) is 5.10 Å². The van der Waals surface area contributed by atoms with Gasteiger partial charge in [0.1, 0.15) is 5.75 Å². The van der Waals surface area contributed by atoms with E-state index < -0.39 is 14.9 Å². The van der Waals surface area contributed by atoms with Gasteiger partial charge in [-0.3, -0.25) is 9.48 Å². The smallest absolute Gasteiger partial charge is 0.356 e. The summed E-state index contributed by atoms with van der Waals surface area (Å²) in [6.45, 7) is 7.56. The zero-order chi connectivity index (χ0) is 27.4. The molecule has 0 aliphatic carbocycles. The Morgan fingerprint density at radius 2 is 1.89 bits per heavy atom. The molecule has 4 rings (SSSR count). The molecule has 2 aromatic carbocycles. The SMILES string of the molecule is CCOC(=O)c1c2c(nn1CCN[Si](C)c1ccc(OC)cc1)C[C@@H](C)N(C(=O)c1ccc(Cl)c(Cl)c1)C2. The van der Waals surface area contributed by atoms with Crippen molar-refractivity contribution in [2.45, 2.75) is 45.9 Å². The topological polar surface area (TPSA) is 85.7 Å². The molecule has 1 amide bonds. The quantitative estimate of drug-likeness (QED) is 0.306. The minimum absolute atomic E-state index is 0.110. The lowest BCUT2D eigenvalue weighted by Crippen LogP contribution is -2.43. The number of carbonyl (C=O) groups is 2. The molecule has 38 heavy (non-hydrogen) atoms. The zero-order valence-corrected chi connectivity index (χ0v) is 24.4. The van der Waals surface area contributed by atoms with Crippen molar-refractivity contribution >= 4 is 49.2 Å². The van der Waals surface area contributed by atoms with E-state index in [1.807, 2.05) is 19.1 Å². The summed E-state index contributed by atoms with van der Waals surface area (Å²) in [6, 6.07) is 12.8. The van der Waals surface area contributed by atoms with Gasteiger partial charge in [0, 0.05) is 30.1 Å². The van der Waals surface area contributed by atoms with Crippen molar-refractivity contribution in [1.29, 1.82) is 0 Å². The number of amides is 1. The first kappa shape index (κ1) is 28.2. The van der Waals surface area contributed by atoms with Crippen LogP contribution < -0.4 is 14.9 Å². The van der Waals surface area contributed by atoms with Crippen LogP contribution in [0.3, 0.4) is 0 Å². The number of halogens is 2. The second-order valence-corrected chi connectivity index (χ2v) is 12.1. The summed E-state index contributed by atoms with van der Waals surface area (Å²) < 4.78 is 12.4. The second-order valence-electron chi connectivity index (χ2n) is 9.11. The number of esters is 1. The van der Waals surface area contributed by atoms with E-state index in [0.717, 1.165) is 17.0 Å². The number of benzene rings is 2. The van der Waals surface area contributed by atoms with Gasteiger partial charge in [0.15, 0.2) is 14.7 Å². The van der Waals surface area contributed by atoms with Crippen LogP contribution in [0.2, 0.25) is 16.6 Å². The summed E-state index contributed by atoms with van der Waals surface area (Å²) in [5, 5.41) is 6.72. The molecule has 1 aliphatic heterocycles. The Bertz CT molecular complexity index is 1320. The van der Waals surface area contributed by atoms with Crippen LogP contribution in [-0.4, -0.2) is 61.8 Å². The molecule has 8 nitrogen and oxygen atoms in total. The number of hydrogen-bond donors (Lipinski definition) is 1. The van der Waals surface area contributed by atoms with Gasteiger partial charge in [-0.15, -0.1) is 0 Å². The third-order valence-corrected chi connectivity index (χ3v) is 9.33. The molecule has 1 N–H and O–H groups in total. The summed E-state index contributed by atoms with van der Waals surface area (Å²) in [4.78, 5) is 31.8. The first-order valence-electron chi connectivity index (χ1n) is 12.5. The van der Waals surface area contributed by atoms with E-state index >= 15 is 0 Å². The number of nitrogens with one attached hydrogen (secondary N) is 1. The van der Waals surface area contributed by atoms with Gasteiger partial charge < -0.3 is 19.4 Å². The number of methoxy groups -OCH3 is 1. The Kier molecular flexibility index (Phi) is 9.14. The molecule has 11 heteroatoms. The predicted octanol–water partition coefficient (Wildman–Crippen LogP) is 4.08. The maximum absolute atomic E-state index is 13.4. The van der Waals surface area contributed by atoms with Crippen molar-refractivity contribution in [2.75, 3.05) is 20.3 Å². The Labute approximate surface area is 234 Å². The van der Waals surface area contributed by atoms with Crippen LogP contribution in [-0.2, 0) is 24.2 Å². The van der Waals surface area contributed by atoms with E-state index in [0.29, 0.717) is 40.8 Å². The normalized spacial score (nSPS) is 14.9. The minimum Gasteiger partial charge on any atom is -0.497 e. The molecule has 0 saturated carbocycles. The Morgan fingerprint density at radius 1 is 1.16 bits per heavy atom. The van der Waals surface area contributed by atoms with Crippen LogP contribution in [0.5, 0.6) is 5.75 Å². The lowest BCUT2D eigenvalue weighted by Gasteiger charge is -2.33. The van der Waals surface area contributed by atoms with Crippen molar-refractivity contribution in [2.24, 2.45) is 0 Å². The average molecular weight is 575 g/mol. The first-order chi connectivity index (χ1) is 18.2. The van der Waals surface area contributed by atoms with Crippen molar-refractivity contribution in [1.82, 2.24) is 19.7 Å². The summed E-state index contributed by atoms with van der Waals surface area (Å²) in [5.74, 6) is 0.212. The number of aromatic nitrogens is 2. The summed E-state index contributed by atoms with van der Waals surface area (Å²) in [6.07, 6.45) is 0.532. The number of ether oxygens (including phenoxy) is 2. The Morgan fingerprint density at radius 3 is 2.55 bits per heavy atom. The lowest BCUT2D eigenvalue weighted by molar-refractivity contribution is 0.0502. The molecule has 201 valence electrons. The van der Waals surface area contributed by atoms with Crippen molar-refractivity contribution in [3.05, 3.63) is 75.0 Å². The number of rotatable bonds is 9. The summed E-state index contributed by atoms with van der Waals surface area (Å²) in [7, 11) is 0.645. The van der Waals surface area contributed by atoms with Crippen LogP contribution in [0.25, 0.3) is 0 Å². The summed E-state index contributed by atoms with van der Waals surface area (Å²) >= 11 is 12.2. The number of carbonyl (C=O) groups excluding carboxylic acids is 2. The van der Waals surface area contributed by atoms with Crippen LogP contribution in [0, 0.1) is 0 Å². The van der Waals surface area contributed by atoms with Gasteiger partial charge >= 0.3 is 5.97 Å². The largest absolute Gasteiger partial charge is 0.497 e. The third kappa shape index (κ3) is 6.07. The van der Waals surface area contributed by atoms with Crippen molar-refractivity contribution in [3.8, 4) is 5.75 Å². The van der Waals surface area contributed by atoms with Gasteiger partial charge in [0.25, 0.3) is 5.91 Å². The van der Waals surface area contributed by atoms with Gasteiger partial charge in [-0.05, 0) is 49.4 Å². The molecule has 3 aromatic rings. The van der Waals surface area contributed by atoms with Crippen LogP contribution in [0.1, 0.15) is 46.0 Å². The molecule has 1 aliphatic rings. The van der Waals surface area contributed by atoms with Gasteiger partial charge in [-0.1, -0.05) is 41.9 Å². The van der Waals surface area contributed by atoms with Crippen LogP contribution in [0.4, 0.5) is 0 Å². The number of nitrogens with zero attached hydrogens (tertiary/aromatic N) is 3. The van der Waals surface area contributed by atoms with Gasteiger partial charge in [-0.25, -0.2) is 4.79 Å². The number of fused-ring (bicyclic) bond motifs is 1. The van der Waals surface area contributed by atoms with E-state index in [-0.39, 0.29) is 25.1 Å². The third-order valence-electron chi connectivity index (χ3n) is 6.62. The van der Waals surface area contributed by atoms with E-state index in [1.54, 1.807) is 41.8 Å². The van der Waals surface area contributed by atoms with Crippen LogP contribution >= 0.6 is 23.2 Å². The highest BCUT2D eigenvalue weighted by Crippen LogP contribution is 2.29. The van der Waals surface area contributed by atoms with E-state index in [2.05, 4.69) is 23.7 Å². The molecule has 1 atom stereocenters. The highest BCUT2D eigenvalue weighted by Gasteiger charge is 2.35. The van der Waals surface area contributed by atoms with E-state index in [9.17, 15) is 9.59 Å². The standard InChI is InChI=1S/C27H31Cl2N4O4Si/c1-5-37-27(35)25-21-16-32(26(34)18-6-11-22(28)23(29)15-18)17(2)14-24(21)31-33(25)13-12-30-38(4)20-9-7-19(36-3)8-10-20/h6-11,15,17,30H,5,12-14,16H2,1-4H3/t17-/m1/s1. The molecule has 0 fully saturated rings. The highest BCUT2D eigenvalue weighted by molar-refractivity contribution is 6.69. The maximum atomic E-state index is 13.4. The van der Waals surface area contributed by atoms with E-state index in [4.69, 9.17) is 37.8 Å². The first-order valence-corrected chi connectivity index (χ1v) is 15.2. The predicted molar refractivity (Wildman–Crippen MR) is 150 cm³/mol. The van der Waals surface area contributed by atoms with Crippen molar-refractivity contribution < 1.29 is 19.1 Å². The average Bonchev–Trinajstić information content (AvgIpc) is 3.26. The van der Waals surface area contributed by atoms with Crippen molar-refractivity contribution in [3.63, 3.8) is 0 Å². The maximum Gasteiger partial charge on any atom is 0.356 e. The summed E-state index contributed by atoms with van der Waals surface area (Å²) in [5.41, 5.74) is 2.39. The molecule has 2 heterocycles. The second kappa shape index (κ2) is 12.3. The monoisotopic (exact) mass is 573 g/mol. The number of hydrogen-bond acceptors (Lipinski definition) is 6.